The summed E-state index contributed by atoms with van der Waals surface area (Å²) in [5.74, 6) is 0.803. The van der Waals surface area contributed by atoms with Gasteiger partial charge in [0.05, 0.1) is 21.3 Å². The van der Waals surface area contributed by atoms with Crippen LogP contribution in [0, 0.1) is 6.92 Å². The first-order valence-corrected chi connectivity index (χ1v) is 5.30. The lowest BCUT2D eigenvalue weighted by atomic mass is 10.1. The highest BCUT2D eigenvalue weighted by molar-refractivity contribution is 6.02. The maximum atomic E-state index is 11.6. The summed E-state index contributed by atoms with van der Waals surface area (Å²) < 4.78 is 15.1. The number of hydrogen-bond donors (Lipinski definition) is 1. The quantitative estimate of drug-likeness (QED) is 0.643. The van der Waals surface area contributed by atoms with Gasteiger partial charge in [-0.3, -0.25) is 4.79 Å². The predicted molar refractivity (Wildman–Crippen MR) is 69.1 cm³/mol. The van der Waals surface area contributed by atoms with Crippen LogP contribution in [0.25, 0.3) is 0 Å². The van der Waals surface area contributed by atoms with Crippen LogP contribution in [0.2, 0.25) is 0 Å². The molecule has 98 valence electrons. The van der Waals surface area contributed by atoms with Gasteiger partial charge in [0, 0.05) is 11.8 Å². The normalized spacial score (nSPS) is 9.56. The van der Waals surface area contributed by atoms with E-state index in [2.05, 4.69) is 11.9 Å². The van der Waals surface area contributed by atoms with Gasteiger partial charge in [-0.25, -0.2) is 0 Å². The van der Waals surface area contributed by atoms with E-state index in [4.69, 9.17) is 14.2 Å². The third-order valence-electron chi connectivity index (χ3n) is 2.48. The Kier molecular flexibility index (Phi) is 4.59. The van der Waals surface area contributed by atoms with E-state index in [-0.39, 0.29) is 5.76 Å². The highest BCUT2D eigenvalue weighted by Gasteiger charge is 2.12. The van der Waals surface area contributed by atoms with E-state index in [1.165, 1.54) is 14.2 Å². The molecule has 1 aromatic rings. The third kappa shape index (κ3) is 2.94. The molecular weight excluding hydrogens is 234 g/mol. The molecule has 18 heavy (non-hydrogen) atoms. The summed E-state index contributed by atoms with van der Waals surface area (Å²) in [6, 6.07) is 3.47. The minimum absolute atomic E-state index is 0.0455. The molecule has 0 radical (unpaired) electrons. The number of anilines is 1. The molecule has 0 aliphatic carbocycles. The van der Waals surface area contributed by atoms with Gasteiger partial charge in [-0.1, -0.05) is 6.58 Å². The summed E-state index contributed by atoms with van der Waals surface area (Å²) in [5.41, 5.74) is 1.47. The molecule has 1 rings (SSSR count). The first-order valence-electron chi connectivity index (χ1n) is 5.30. The second kappa shape index (κ2) is 5.95. The molecule has 1 amide bonds. The van der Waals surface area contributed by atoms with Crippen molar-refractivity contribution in [3.05, 3.63) is 30.0 Å². The van der Waals surface area contributed by atoms with Gasteiger partial charge in [0.1, 0.15) is 0 Å². The average molecular weight is 251 g/mol. The lowest BCUT2D eigenvalue weighted by Crippen LogP contribution is -2.15. The summed E-state index contributed by atoms with van der Waals surface area (Å²) in [4.78, 5) is 11.6. The van der Waals surface area contributed by atoms with Gasteiger partial charge in [0.2, 0.25) is 0 Å². The predicted octanol–water partition coefficient (Wildman–Crippen LogP) is 2.11. The van der Waals surface area contributed by atoms with Gasteiger partial charge in [-0.2, -0.15) is 0 Å². The molecule has 5 nitrogen and oxygen atoms in total. The van der Waals surface area contributed by atoms with Crippen LogP contribution in [0.4, 0.5) is 5.69 Å². The topological polar surface area (TPSA) is 56.8 Å². The molecule has 1 N–H and O–H groups in total. The maximum Gasteiger partial charge on any atom is 0.290 e. The Morgan fingerprint density at radius 1 is 1.17 bits per heavy atom. The molecule has 5 heteroatoms. The molecule has 0 saturated carbocycles. The standard InChI is InChI=1S/C13H17NO4/c1-8-6-11(17-4)12(18-5)7-10(8)14-13(15)9(2)16-3/h6-7H,2H2,1,3-5H3,(H,14,15). The summed E-state index contributed by atoms with van der Waals surface area (Å²) in [7, 11) is 4.48. The number of carbonyl (C=O) groups is 1. The molecule has 0 aromatic heterocycles. The zero-order chi connectivity index (χ0) is 13.7. The Bertz CT molecular complexity index is 468. The molecule has 1 aromatic carbocycles. The molecule has 0 unspecified atom stereocenters. The van der Waals surface area contributed by atoms with E-state index in [0.717, 1.165) is 5.56 Å². The number of carbonyl (C=O) groups excluding carboxylic acids is 1. The minimum atomic E-state index is -0.396. The van der Waals surface area contributed by atoms with E-state index in [1.54, 1.807) is 19.2 Å². The number of benzene rings is 1. The van der Waals surface area contributed by atoms with E-state index in [1.807, 2.05) is 6.92 Å². The first-order chi connectivity index (χ1) is 8.53. The molecule has 0 spiro atoms. The Balaban J connectivity index is 3.03. The molecule has 0 aliphatic heterocycles. The molecular formula is C13H17NO4. The zero-order valence-corrected chi connectivity index (χ0v) is 11.0. The summed E-state index contributed by atoms with van der Waals surface area (Å²) in [6.45, 7) is 5.34. The first kappa shape index (κ1) is 13.9. The third-order valence-corrected chi connectivity index (χ3v) is 2.48. The van der Waals surface area contributed by atoms with Crippen LogP contribution in [0.15, 0.2) is 24.5 Å². The Morgan fingerprint density at radius 2 is 1.72 bits per heavy atom. The summed E-state index contributed by atoms with van der Waals surface area (Å²) in [6.07, 6.45) is 0. The van der Waals surface area contributed by atoms with Crippen molar-refractivity contribution in [2.45, 2.75) is 6.92 Å². The molecule has 0 atom stereocenters. The van der Waals surface area contributed by atoms with Crippen molar-refractivity contribution >= 4 is 11.6 Å². The molecule has 0 saturated heterocycles. The molecule has 0 aliphatic rings. The SMILES string of the molecule is C=C(OC)C(=O)Nc1cc(OC)c(OC)cc1C. The Labute approximate surface area is 106 Å². The lowest BCUT2D eigenvalue weighted by molar-refractivity contribution is -0.115. The van der Waals surface area contributed by atoms with Gasteiger partial charge < -0.3 is 19.5 Å². The zero-order valence-electron chi connectivity index (χ0n) is 11.0. The largest absolute Gasteiger partial charge is 0.493 e. The van der Waals surface area contributed by atoms with Gasteiger partial charge >= 0.3 is 0 Å². The maximum absolute atomic E-state index is 11.6. The van der Waals surface area contributed by atoms with Crippen molar-refractivity contribution in [3.63, 3.8) is 0 Å². The Morgan fingerprint density at radius 3 is 2.22 bits per heavy atom. The Hall–Kier alpha value is -2.17. The van der Waals surface area contributed by atoms with Gasteiger partial charge in [0.15, 0.2) is 17.3 Å². The number of ether oxygens (including phenoxy) is 3. The van der Waals surface area contributed by atoms with Crippen LogP contribution in [0.1, 0.15) is 5.56 Å². The summed E-state index contributed by atoms with van der Waals surface area (Å²) in [5, 5.41) is 2.69. The molecule has 0 bridgehead atoms. The second-order valence-electron chi connectivity index (χ2n) is 3.60. The van der Waals surface area contributed by atoms with Gasteiger partial charge in [-0.15, -0.1) is 0 Å². The van der Waals surface area contributed by atoms with Crippen LogP contribution in [-0.4, -0.2) is 27.2 Å². The van der Waals surface area contributed by atoms with E-state index in [9.17, 15) is 4.79 Å². The number of amides is 1. The van der Waals surface area contributed by atoms with Crippen LogP contribution in [-0.2, 0) is 9.53 Å². The van der Waals surface area contributed by atoms with Gasteiger partial charge in [0.25, 0.3) is 5.91 Å². The van der Waals surface area contributed by atoms with Crippen LogP contribution in [0.3, 0.4) is 0 Å². The smallest absolute Gasteiger partial charge is 0.290 e. The number of hydrogen-bond acceptors (Lipinski definition) is 4. The number of aryl methyl sites for hydroxylation is 1. The van der Waals surface area contributed by atoms with Crippen molar-refractivity contribution in [2.24, 2.45) is 0 Å². The number of methoxy groups -OCH3 is 3. The monoisotopic (exact) mass is 251 g/mol. The molecule has 0 fully saturated rings. The highest BCUT2D eigenvalue weighted by atomic mass is 16.5. The van der Waals surface area contributed by atoms with Gasteiger partial charge in [-0.05, 0) is 18.6 Å². The fourth-order valence-corrected chi connectivity index (χ4v) is 1.40. The van der Waals surface area contributed by atoms with Crippen molar-refractivity contribution in [3.8, 4) is 11.5 Å². The van der Waals surface area contributed by atoms with Crippen molar-refractivity contribution in [1.29, 1.82) is 0 Å². The van der Waals surface area contributed by atoms with Crippen molar-refractivity contribution in [1.82, 2.24) is 0 Å². The highest BCUT2D eigenvalue weighted by Crippen LogP contribution is 2.32. The van der Waals surface area contributed by atoms with E-state index >= 15 is 0 Å². The fraction of sp³-hybridized carbons (Fsp3) is 0.308. The van der Waals surface area contributed by atoms with Crippen molar-refractivity contribution in [2.75, 3.05) is 26.6 Å². The van der Waals surface area contributed by atoms with Crippen molar-refractivity contribution < 1.29 is 19.0 Å². The van der Waals surface area contributed by atoms with Crippen LogP contribution >= 0.6 is 0 Å². The average Bonchev–Trinajstić information content (AvgIpc) is 2.39. The van der Waals surface area contributed by atoms with Crippen LogP contribution in [0.5, 0.6) is 11.5 Å². The number of rotatable bonds is 5. The fourth-order valence-electron chi connectivity index (χ4n) is 1.40. The van der Waals surface area contributed by atoms with E-state index < -0.39 is 5.91 Å². The molecule has 0 heterocycles. The number of nitrogens with one attached hydrogen (secondary N) is 1. The van der Waals surface area contributed by atoms with E-state index in [0.29, 0.717) is 17.2 Å². The van der Waals surface area contributed by atoms with Crippen LogP contribution < -0.4 is 14.8 Å². The summed E-state index contributed by atoms with van der Waals surface area (Å²) >= 11 is 0. The lowest BCUT2D eigenvalue weighted by Gasteiger charge is -2.13. The second-order valence-corrected chi connectivity index (χ2v) is 3.60. The minimum Gasteiger partial charge on any atom is -0.493 e.